The van der Waals surface area contributed by atoms with Gasteiger partial charge in [0.2, 0.25) is 0 Å². The summed E-state index contributed by atoms with van der Waals surface area (Å²) < 4.78 is 1.98. The summed E-state index contributed by atoms with van der Waals surface area (Å²) in [7, 11) is 0. The number of hydrogen-bond acceptors (Lipinski definition) is 1. The molecular formula is C18H27NO2Re. The first-order valence-corrected chi connectivity index (χ1v) is 7.51. The van der Waals surface area contributed by atoms with Gasteiger partial charge in [0.1, 0.15) is 0 Å². The molecule has 1 N–H and O–H groups in total. The minimum Gasteiger partial charge on any atom is -0.478 e. The second-order valence-corrected chi connectivity index (χ2v) is 4.15. The SMILES string of the molecule is CC.CC.Cc1c(C(=O)O)c(C)n(-c2ccccc2)c1C.[Re]. The van der Waals surface area contributed by atoms with Gasteiger partial charge < -0.3 is 9.67 Å². The Kier molecular flexibility index (Phi) is 11.7. The van der Waals surface area contributed by atoms with Crippen molar-refractivity contribution in [3.8, 4) is 5.69 Å². The van der Waals surface area contributed by atoms with Crippen molar-refractivity contribution >= 4 is 5.97 Å². The van der Waals surface area contributed by atoms with Crippen LogP contribution in [0.15, 0.2) is 30.3 Å². The molecule has 2 rings (SSSR count). The van der Waals surface area contributed by atoms with Gasteiger partial charge in [-0.1, -0.05) is 45.9 Å². The van der Waals surface area contributed by atoms with Crippen molar-refractivity contribution < 1.29 is 30.3 Å². The van der Waals surface area contributed by atoms with Crippen LogP contribution in [0.25, 0.3) is 5.69 Å². The molecule has 4 heteroatoms. The minimum absolute atomic E-state index is 0. The Balaban J connectivity index is 0. The van der Waals surface area contributed by atoms with Crippen LogP contribution in [0, 0.1) is 20.8 Å². The van der Waals surface area contributed by atoms with Crippen molar-refractivity contribution in [3.63, 3.8) is 0 Å². The summed E-state index contributed by atoms with van der Waals surface area (Å²) in [6.07, 6.45) is 0. The fourth-order valence-corrected chi connectivity index (χ4v) is 2.26. The molecule has 0 saturated heterocycles. The summed E-state index contributed by atoms with van der Waals surface area (Å²) in [5.41, 5.74) is 3.99. The van der Waals surface area contributed by atoms with E-state index in [4.69, 9.17) is 0 Å². The van der Waals surface area contributed by atoms with Crippen LogP contribution < -0.4 is 0 Å². The van der Waals surface area contributed by atoms with E-state index in [1.165, 1.54) is 0 Å². The number of carbonyl (C=O) groups is 1. The van der Waals surface area contributed by atoms with Crippen LogP contribution in [0.5, 0.6) is 0 Å². The number of nitrogens with zero attached hydrogens (tertiary/aromatic N) is 1. The third-order valence-electron chi connectivity index (χ3n) is 3.18. The first-order chi connectivity index (χ1) is 10.0. The van der Waals surface area contributed by atoms with Gasteiger partial charge in [-0.05, 0) is 38.5 Å². The van der Waals surface area contributed by atoms with Crippen molar-refractivity contribution in [3.05, 3.63) is 52.8 Å². The molecule has 0 atom stereocenters. The van der Waals surface area contributed by atoms with Crippen molar-refractivity contribution in [1.82, 2.24) is 4.57 Å². The number of aromatic nitrogens is 1. The van der Waals surface area contributed by atoms with Crippen LogP contribution in [0.1, 0.15) is 55.0 Å². The van der Waals surface area contributed by atoms with E-state index in [2.05, 4.69) is 0 Å². The molecule has 1 radical (unpaired) electrons. The van der Waals surface area contributed by atoms with Crippen LogP contribution in [0.3, 0.4) is 0 Å². The number of carboxylic acids is 1. The molecule has 22 heavy (non-hydrogen) atoms. The number of carboxylic acid groups (broad SMARTS) is 1. The zero-order valence-electron chi connectivity index (χ0n) is 14.6. The molecule has 0 unspecified atom stereocenters. The van der Waals surface area contributed by atoms with E-state index in [9.17, 15) is 9.90 Å². The van der Waals surface area contributed by atoms with Crippen LogP contribution in [0.4, 0.5) is 0 Å². The second-order valence-electron chi connectivity index (χ2n) is 4.15. The Morgan fingerprint density at radius 2 is 1.36 bits per heavy atom. The summed E-state index contributed by atoms with van der Waals surface area (Å²) in [6, 6.07) is 9.80. The maximum atomic E-state index is 11.2. The minimum atomic E-state index is -0.863. The number of aromatic carboxylic acids is 1. The average molecular weight is 476 g/mol. The third kappa shape index (κ3) is 4.83. The first kappa shape index (κ1) is 22.9. The molecule has 1 aromatic heterocycles. The predicted molar refractivity (Wildman–Crippen MR) is 89.6 cm³/mol. The maximum absolute atomic E-state index is 11.2. The molecule has 0 aliphatic rings. The van der Waals surface area contributed by atoms with Gasteiger partial charge in [0, 0.05) is 37.5 Å². The van der Waals surface area contributed by atoms with E-state index in [-0.39, 0.29) is 20.4 Å². The zero-order valence-corrected chi connectivity index (χ0v) is 17.3. The molecule has 2 aromatic rings. The smallest absolute Gasteiger partial charge is 0.337 e. The Bertz CT molecular complexity index is 575. The molecule has 0 aliphatic carbocycles. The quantitative estimate of drug-likeness (QED) is 0.653. The van der Waals surface area contributed by atoms with Crippen LogP contribution >= 0.6 is 0 Å². The summed E-state index contributed by atoms with van der Waals surface area (Å²) >= 11 is 0. The molecule has 1 aromatic carbocycles. The van der Waals surface area contributed by atoms with Crippen molar-refractivity contribution in [1.29, 1.82) is 0 Å². The van der Waals surface area contributed by atoms with E-state index in [0.717, 1.165) is 22.6 Å². The number of rotatable bonds is 2. The van der Waals surface area contributed by atoms with Gasteiger partial charge in [0.15, 0.2) is 0 Å². The standard InChI is InChI=1S/C14H15NO2.2C2H6.Re/c1-9-10(2)15(11(3)13(9)14(16)17)12-7-5-4-6-8-12;2*1-2;/h4-8H,1-3H3,(H,16,17);2*1-2H3;. The predicted octanol–water partition coefficient (Wildman–Crippen LogP) is 5.15. The van der Waals surface area contributed by atoms with Crippen LogP contribution in [-0.4, -0.2) is 15.6 Å². The molecule has 0 spiro atoms. The van der Waals surface area contributed by atoms with Crippen molar-refractivity contribution in [2.75, 3.05) is 0 Å². The summed E-state index contributed by atoms with van der Waals surface area (Å²) in [4.78, 5) is 11.2. The topological polar surface area (TPSA) is 42.2 Å². The largest absolute Gasteiger partial charge is 0.478 e. The second kappa shape index (κ2) is 11.2. The van der Waals surface area contributed by atoms with Gasteiger partial charge in [0.05, 0.1) is 5.56 Å². The molecule has 123 valence electrons. The van der Waals surface area contributed by atoms with Gasteiger partial charge in [-0.25, -0.2) is 4.79 Å². The van der Waals surface area contributed by atoms with Gasteiger partial charge in [0.25, 0.3) is 0 Å². The van der Waals surface area contributed by atoms with Gasteiger partial charge in [-0.3, -0.25) is 0 Å². The molecule has 0 amide bonds. The van der Waals surface area contributed by atoms with Crippen molar-refractivity contribution in [2.45, 2.75) is 48.5 Å². The zero-order chi connectivity index (χ0) is 16.6. The van der Waals surface area contributed by atoms with E-state index < -0.39 is 5.97 Å². The molecule has 0 saturated carbocycles. The number of para-hydroxylation sites is 1. The van der Waals surface area contributed by atoms with Gasteiger partial charge in [-0.15, -0.1) is 0 Å². The van der Waals surface area contributed by atoms with E-state index >= 15 is 0 Å². The Morgan fingerprint density at radius 3 is 1.73 bits per heavy atom. The fourth-order valence-electron chi connectivity index (χ4n) is 2.26. The third-order valence-corrected chi connectivity index (χ3v) is 3.18. The normalized spacial score (nSPS) is 8.68. The molecule has 0 aliphatic heterocycles. The Hall–Kier alpha value is -1.37. The Morgan fingerprint density at radius 1 is 0.909 bits per heavy atom. The summed E-state index contributed by atoms with van der Waals surface area (Å²) in [5.74, 6) is -0.863. The van der Waals surface area contributed by atoms with Crippen LogP contribution in [-0.2, 0) is 20.4 Å². The van der Waals surface area contributed by atoms with Gasteiger partial charge in [-0.2, -0.15) is 0 Å². The fraction of sp³-hybridized carbons (Fsp3) is 0.389. The monoisotopic (exact) mass is 476 g/mol. The van der Waals surface area contributed by atoms with E-state index in [0.29, 0.717) is 5.56 Å². The number of benzene rings is 1. The van der Waals surface area contributed by atoms with Gasteiger partial charge >= 0.3 is 5.97 Å². The first-order valence-electron chi connectivity index (χ1n) is 7.51. The van der Waals surface area contributed by atoms with Crippen molar-refractivity contribution in [2.24, 2.45) is 0 Å². The Labute approximate surface area is 148 Å². The van der Waals surface area contributed by atoms with E-state index in [1.54, 1.807) is 0 Å². The van der Waals surface area contributed by atoms with Crippen LogP contribution in [0.2, 0.25) is 0 Å². The molecule has 0 fully saturated rings. The summed E-state index contributed by atoms with van der Waals surface area (Å²) in [6.45, 7) is 13.6. The molecule has 3 nitrogen and oxygen atoms in total. The van der Waals surface area contributed by atoms with E-state index in [1.807, 2.05) is 83.4 Å². The average Bonchev–Trinajstić information content (AvgIpc) is 2.74. The molecule has 0 bridgehead atoms. The number of hydrogen-bond donors (Lipinski definition) is 1. The maximum Gasteiger partial charge on any atom is 0.337 e. The molecular weight excluding hydrogens is 448 g/mol. The molecule has 1 heterocycles. The summed E-state index contributed by atoms with van der Waals surface area (Å²) in [5, 5.41) is 9.22.